The Bertz CT molecular complexity index is 384. The van der Waals surface area contributed by atoms with Gasteiger partial charge in [-0.2, -0.15) is 11.8 Å². The van der Waals surface area contributed by atoms with Crippen LogP contribution in [0.1, 0.15) is 24.8 Å². The van der Waals surface area contributed by atoms with E-state index in [0.29, 0.717) is 0 Å². The highest BCUT2D eigenvalue weighted by Gasteiger charge is 2.10. The fraction of sp³-hybridized carbons (Fsp3) is 0.600. The molecule has 0 spiro atoms. The molecule has 1 aliphatic rings. The molecule has 4 heteroatoms. The number of hydrogen-bond donors (Lipinski definition) is 1. The second-order valence-corrected chi connectivity index (χ2v) is 5.69. The number of fused-ring (bicyclic) bond motifs is 1. The van der Waals surface area contributed by atoms with Gasteiger partial charge in [-0.15, -0.1) is 0 Å². The Morgan fingerprint density at radius 2 is 2.00 bits per heavy atom. The number of thioether (sulfide) groups is 1. The van der Waals surface area contributed by atoms with Gasteiger partial charge in [0.1, 0.15) is 0 Å². The lowest BCUT2D eigenvalue weighted by atomic mass is 10.2. The van der Waals surface area contributed by atoms with Gasteiger partial charge in [0.15, 0.2) is 11.5 Å². The molecule has 0 atom stereocenters. The minimum absolute atomic E-state index is 0.749. The standard InChI is InChI=1S/C15H23NO2S/c1-19-10-3-2-7-16-12-13-5-6-14-15(11-13)18-9-4-8-17-14/h5-6,11,16H,2-4,7-10,12H2,1H3. The Morgan fingerprint density at radius 1 is 1.16 bits per heavy atom. The van der Waals surface area contributed by atoms with E-state index < -0.39 is 0 Å². The van der Waals surface area contributed by atoms with Crippen LogP contribution in [0.3, 0.4) is 0 Å². The molecule has 0 fully saturated rings. The molecule has 3 nitrogen and oxygen atoms in total. The molecule has 1 aromatic rings. The van der Waals surface area contributed by atoms with E-state index in [0.717, 1.165) is 44.2 Å². The summed E-state index contributed by atoms with van der Waals surface area (Å²) in [6.45, 7) is 3.48. The van der Waals surface area contributed by atoms with E-state index in [1.807, 2.05) is 17.8 Å². The van der Waals surface area contributed by atoms with Crippen LogP contribution in [0, 0.1) is 0 Å². The zero-order chi connectivity index (χ0) is 13.3. The normalized spacial score (nSPS) is 14.2. The first-order chi connectivity index (χ1) is 9.40. The second-order valence-electron chi connectivity index (χ2n) is 4.71. The van der Waals surface area contributed by atoms with Crippen LogP contribution in [0.5, 0.6) is 11.5 Å². The number of benzene rings is 1. The van der Waals surface area contributed by atoms with Gasteiger partial charge in [-0.1, -0.05) is 6.07 Å². The molecule has 2 rings (SSSR count). The zero-order valence-electron chi connectivity index (χ0n) is 11.6. The lowest BCUT2D eigenvalue weighted by Gasteiger charge is -2.10. The molecule has 1 aliphatic heterocycles. The highest BCUT2D eigenvalue weighted by molar-refractivity contribution is 7.98. The molecular weight excluding hydrogens is 258 g/mol. The summed E-state index contributed by atoms with van der Waals surface area (Å²) in [6.07, 6.45) is 5.64. The third-order valence-electron chi connectivity index (χ3n) is 3.09. The number of unbranched alkanes of at least 4 members (excludes halogenated alkanes) is 1. The van der Waals surface area contributed by atoms with Gasteiger partial charge in [0, 0.05) is 13.0 Å². The van der Waals surface area contributed by atoms with Gasteiger partial charge in [-0.25, -0.2) is 0 Å². The predicted molar refractivity (Wildman–Crippen MR) is 81.4 cm³/mol. The van der Waals surface area contributed by atoms with Crippen LogP contribution in [0.2, 0.25) is 0 Å². The Morgan fingerprint density at radius 3 is 2.84 bits per heavy atom. The summed E-state index contributed by atoms with van der Waals surface area (Å²) >= 11 is 1.92. The van der Waals surface area contributed by atoms with E-state index in [9.17, 15) is 0 Å². The Kier molecular flexibility index (Phi) is 6.37. The van der Waals surface area contributed by atoms with Gasteiger partial charge >= 0.3 is 0 Å². The summed E-state index contributed by atoms with van der Waals surface area (Å²) in [6, 6.07) is 6.23. The van der Waals surface area contributed by atoms with Crippen molar-refractivity contribution >= 4 is 11.8 Å². The minimum atomic E-state index is 0.749. The van der Waals surface area contributed by atoms with Crippen LogP contribution in [0.4, 0.5) is 0 Å². The lowest BCUT2D eigenvalue weighted by Crippen LogP contribution is -2.14. The average Bonchev–Trinajstić information content (AvgIpc) is 2.67. The fourth-order valence-electron chi connectivity index (χ4n) is 2.05. The fourth-order valence-corrected chi connectivity index (χ4v) is 2.54. The van der Waals surface area contributed by atoms with E-state index in [-0.39, 0.29) is 0 Å². The molecule has 0 saturated heterocycles. The lowest BCUT2D eigenvalue weighted by molar-refractivity contribution is 0.297. The summed E-state index contributed by atoms with van der Waals surface area (Å²) < 4.78 is 11.3. The van der Waals surface area contributed by atoms with Gasteiger partial charge in [0.25, 0.3) is 0 Å². The SMILES string of the molecule is CSCCCCNCc1ccc2c(c1)OCCCO2. The van der Waals surface area contributed by atoms with Crippen molar-refractivity contribution in [3.63, 3.8) is 0 Å². The highest BCUT2D eigenvalue weighted by atomic mass is 32.2. The first-order valence-electron chi connectivity index (χ1n) is 6.98. The number of nitrogens with one attached hydrogen (secondary N) is 1. The van der Waals surface area contributed by atoms with E-state index in [2.05, 4.69) is 23.7 Å². The van der Waals surface area contributed by atoms with Crippen molar-refractivity contribution in [2.45, 2.75) is 25.8 Å². The van der Waals surface area contributed by atoms with Gasteiger partial charge in [-0.05, 0) is 49.1 Å². The number of hydrogen-bond acceptors (Lipinski definition) is 4. The van der Waals surface area contributed by atoms with Crippen molar-refractivity contribution in [3.05, 3.63) is 23.8 Å². The molecule has 1 N–H and O–H groups in total. The van der Waals surface area contributed by atoms with Crippen LogP contribution in [-0.2, 0) is 6.54 Å². The molecule has 1 heterocycles. The van der Waals surface area contributed by atoms with Crippen molar-refractivity contribution in [2.75, 3.05) is 31.8 Å². The molecule has 0 radical (unpaired) electrons. The van der Waals surface area contributed by atoms with Crippen LogP contribution in [0.15, 0.2) is 18.2 Å². The zero-order valence-corrected chi connectivity index (χ0v) is 12.4. The molecule has 106 valence electrons. The topological polar surface area (TPSA) is 30.5 Å². The minimum Gasteiger partial charge on any atom is -0.490 e. The van der Waals surface area contributed by atoms with E-state index in [1.165, 1.54) is 24.2 Å². The summed E-state index contributed by atoms with van der Waals surface area (Å²) in [5.74, 6) is 3.02. The maximum absolute atomic E-state index is 5.69. The smallest absolute Gasteiger partial charge is 0.161 e. The van der Waals surface area contributed by atoms with E-state index >= 15 is 0 Å². The summed E-state index contributed by atoms with van der Waals surface area (Å²) in [5, 5.41) is 3.48. The Labute approximate surface area is 120 Å². The molecule has 1 aromatic carbocycles. The summed E-state index contributed by atoms with van der Waals surface area (Å²) in [4.78, 5) is 0. The quantitative estimate of drug-likeness (QED) is 0.778. The van der Waals surface area contributed by atoms with Crippen LogP contribution < -0.4 is 14.8 Å². The molecule has 0 aromatic heterocycles. The maximum Gasteiger partial charge on any atom is 0.161 e. The largest absolute Gasteiger partial charge is 0.490 e. The first kappa shape index (κ1) is 14.5. The van der Waals surface area contributed by atoms with Crippen molar-refractivity contribution in [3.8, 4) is 11.5 Å². The van der Waals surface area contributed by atoms with Gasteiger partial charge in [-0.3, -0.25) is 0 Å². The molecule has 19 heavy (non-hydrogen) atoms. The van der Waals surface area contributed by atoms with Gasteiger partial charge in [0.05, 0.1) is 13.2 Å². The second kappa shape index (κ2) is 8.33. The average molecular weight is 281 g/mol. The summed E-state index contributed by atoms with van der Waals surface area (Å²) in [5.41, 5.74) is 1.26. The van der Waals surface area contributed by atoms with Crippen molar-refractivity contribution in [1.29, 1.82) is 0 Å². The molecule has 0 unspecified atom stereocenters. The van der Waals surface area contributed by atoms with Crippen molar-refractivity contribution in [2.24, 2.45) is 0 Å². The number of ether oxygens (including phenoxy) is 2. The van der Waals surface area contributed by atoms with Crippen molar-refractivity contribution in [1.82, 2.24) is 5.32 Å². The third-order valence-corrected chi connectivity index (χ3v) is 3.79. The summed E-state index contributed by atoms with van der Waals surface area (Å²) in [7, 11) is 0. The maximum atomic E-state index is 5.69. The van der Waals surface area contributed by atoms with Gasteiger partial charge < -0.3 is 14.8 Å². The monoisotopic (exact) mass is 281 g/mol. The highest BCUT2D eigenvalue weighted by Crippen LogP contribution is 2.30. The predicted octanol–water partition coefficient (Wildman–Crippen LogP) is 3.08. The van der Waals surface area contributed by atoms with E-state index in [1.54, 1.807) is 0 Å². The third kappa shape index (κ3) is 4.96. The Balaban J connectivity index is 1.76. The molecular formula is C15H23NO2S. The molecule has 0 aliphatic carbocycles. The van der Waals surface area contributed by atoms with E-state index in [4.69, 9.17) is 9.47 Å². The van der Waals surface area contributed by atoms with Crippen molar-refractivity contribution < 1.29 is 9.47 Å². The first-order valence-corrected chi connectivity index (χ1v) is 8.38. The molecule has 0 amide bonds. The van der Waals surface area contributed by atoms with Crippen LogP contribution >= 0.6 is 11.8 Å². The molecule has 0 bridgehead atoms. The van der Waals surface area contributed by atoms with Crippen LogP contribution in [-0.4, -0.2) is 31.8 Å². The van der Waals surface area contributed by atoms with Gasteiger partial charge in [0.2, 0.25) is 0 Å². The van der Waals surface area contributed by atoms with Crippen LogP contribution in [0.25, 0.3) is 0 Å². The number of rotatable bonds is 7. The Hall–Kier alpha value is -0.870. The molecule has 0 saturated carbocycles.